The van der Waals surface area contributed by atoms with Gasteiger partial charge in [0.1, 0.15) is 6.10 Å². The lowest BCUT2D eigenvalue weighted by Gasteiger charge is -2.11. The molecule has 0 aliphatic heterocycles. The quantitative estimate of drug-likeness (QED) is 0.892. The molecule has 0 saturated heterocycles. The number of carbonyl (C=O) groups is 1. The molecule has 1 aromatic carbocycles. The van der Waals surface area contributed by atoms with Crippen molar-refractivity contribution < 1.29 is 9.53 Å². The van der Waals surface area contributed by atoms with Gasteiger partial charge in [-0.15, -0.1) is 0 Å². The fraction of sp³-hybridized carbons (Fsp3) is 0.286. The average molecular weight is 259 g/mol. The number of benzene rings is 1. The summed E-state index contributed by atoms with van der Waals surface area (Å²) >= 11 is 0. The van der Waals surface area contributed by atoms with E-state index < -0.39 is 6.10 Å². The molecule has 1 heterocycles. The van der Waals surface area contributed by atoms with Gasteiger partial charge in [-0.2, -0.15) is 5.10 Å². The number of amides is 1. The van der Waals surface area contributed by atoms with E-state index >= 15 is 0 Å². The molecule has 5 nitrogen and oxygen atoms in total. The summed E-state index contributed by atoms with van der Waals surface area (Å²) in [6.07, 6.45) is 3.18. The molecule has 19 heavy (non-hydrogen) atoms. The molecule has 1 aromatic heterocycles. The van der Waals surface area contributed by atoms with E-state index in [0.29, 0.717) is 6.54 Å². The molecule has 0 aliphatic carbocycles. The van der Waals surface area contributed by atoms with Gasteiger partial charge in [-0.1, -0.05) is 12.1 Å². The highest BCUT2D eigenvalue weighted by Gasteiger charge is 2.11. The molecule has 0 spiro atoms. The summed E-state index contributed by atoms with van der Waals surface area (Å²) in [5.74, 6) is -0.154. The lowest BCUT2D eigenvalue weighted by Crippen LogP contribution is -2.26. The number of nitrogens with one attached hydrogen (secondary N) is 1. The highest BCUT2D eigenvalue weighted by Crippen LogP contribution is 2.12. The van der Waals surface area contributed by atoms with Crippen molar-refractivity contribution in [3.8, 4) is 0 Å². The van der Waals surface area contributed by atoms with Gasteiger partial charge in [-0.3, -0.25) is 9.48 Å². The molecule has 1 atom stereocenters. The van der Waals surface area contributed by atoms with Gasteiger partial charge in [0.2, 0.25) is 0 Å². The average Bonchev–Trinajstić information content (AvgIpc) is 2.91. The van der Waals surface area contributed by atoms with Crippen molar-refractivity contribution in [2.24, 2.45) is 0 Å². The van der Waals surface area contributed by atoms with Gasteiger partial charge >= 0.3 is 0 Å². The third-order valence-corrected chi connectivity index (χ3v) is 2.82. The molecule has 0 fully saturated rings. The zero-order chi connectivity index (χ0) is 13.7. The second kappa shape index (κ2) is 6.15. The number of hydrogen-bond donors (Lipinski definition) is 1. The van der Waals surface area contributed by atoms with Crippen LogP contribution in [0, 0.1) is 0 Å². The number of methoxy groups -OCH3 is 1. The van der Waals surface area contributed by atoms with Crippen molar-refractivity contribution >= 4 is 11.6 Å². The molecule has 5 heteroatoms. The van der Waals surface area contributed by atoms with Crippen LogP contribution in [0.5, 0.6) is 0 Å². The molecule has 100 valence electrons. The molecule has 1 unspecified atom stereocenters. The van der Waals surface area contributed by atoms with E-state index in [1.165, 1.54) is 7.11 Å². The van der Waals surface area contributed by atoms with E-state index in [9.17, 15) is 4.79 Å². The number of ether oxygens (including phenoxy) is 1. The van der Waals surface area contributed by atoms with Gasteiger partial charge in [0.25, 0.3) is 5.91 Å². The van der Waals surface area contributed by atoms with Crippen LogP contribution < -0.4 is 5.32 Å². The monoisotopic (exact) mass is 259 g/mol. The van der Waals surface area contributed by atoms with E-state index in [1.54, 1.807) is 13.1 Å². The molecular weight excluding hydrogens is 242 g/mol. The van der Waals surface area contributed by atoms with Crippen molar-refractivity contribution in [1.82, 2.24) is 9.78 Å². The Bertz CT molecular complexity index is 537. The van der Waals surface area contributed by atoms with Crippen LogP contribution in [0.1, 0.15) is 12.5 Å². The van der Waals surface area contributed by atoms with E-state index in [-0.39, 0.29) is 5.91 Å². The molecule has 1 N–H and O–H groups in total. The summed E-state index contributed by atoms with van der Waals surface area (Å²) in [4.78, 5) is 11.7. The second-order valence-electron chi connectivity index (χ2n) is 4.27. The highest BCUT2D eigenvalue weighted by molar-refractivity contribution is 5.93. The molecule has 0 radical (unpaired) electrons. The smallest absolute Gasteiger partial charge is 0.253 e. The van der Waals surface area contributed by atoms with E-state index in [0.717, 1.165) is 11.3 Å². The van der Waals surface area contributed by atoms with Gasteiger partial charge in [0.05, 0.1) is 6.54 Å². The molecule has 2 rings (SSSR count). The molecule has 0 bridgehead atoms. The third kappa shape index (κ3) is 3.66. The lowest BCUT2D eigenvalue weighted by molar-refractivity contribution is -0.124. The third-order valence-electron chi connectivity index (χ3n) is 2.82. The fourth-order valence-corrected chi connectivity index (χ4v) is 1.68. The first-order chi connectivity index (χ1) is 9.19. The molecule has 1 amide bonds. The Morgan fingerprint density at radius 3 is 3.00 bits per heavy atom. The number of rotatable bonds is 5. The van der Waals surface area contributed by atoms with Crippen LogP contribution in [0.4, 0.5) is 5.69 Å². The number of hydrogen-bond acceptors (Lipinski definition) is 3. The Morgan fingerprint density at radius 2 is 2.32 bits per heavy atom. The summed E-state index contributed by atoms with van der Waals surface area (Å²) in [6.45, 7) is 2.39. The van der Waals surface area contributed by atoms with Gasteiger partial charge in [-0.25, -0.2) is 0 Å². The fourth-order valence-electron chi connectivity index (χ4n) is 1.68. The molecule has 0 aliphatic rings. The zero-order valence-electron chi connectivity index (χ0n) is 11.0. The Balaban J connectivity index is 2.05. The summed E-state index contributed by atoms with van der Waals surface area (Å²) in [7, 11) is 1.51. The van der Waals surface area contributed by atoms with Gasteiger partial charge in [0, 0.05) is 25.2 Å². The van der Waals surface area contributed by atoms with Crippen LogP contribution in [-0.2, 0) is 16.1 Å². The van der Waals surface area contributed by atoms with Crippen molar-refractivity contribution in [2.45, 2.75) is 19.6 Å². The predicted octanol–water partition coefficient (Wildman–Crippen LogP) is 1.90. The summed E-state index contributed by atoms with van der Waals surface area (Å²) < 4.78 is 6.81. The van der Waals surface area contributed by atoms with E-state index in [4.69, 9.17) is 4.74 Å². The Kier molecular flexibility index (Phi) is 4.30. The number of carbonyl (C=O) groups excluding carboxylic acids is 1. The van der Waals surface area contributed by atoms with Crippen molar-refractivity contribution in [2.75, 3.05) is 12.4 Å². The van der Waals surface area contributed by atoms with Crippen molar-refractivity contribution in [3.05, 3.63) is 48.3 Å². The summed E-state index contributed by atoms with van der Waals surface area (Å²) in [6, 6.07) is 9.57. The minimum absolute atomic E-state index is 0.154. The largest absolute Gasteiger partial charge is 0.372 e. The van der Waals surface area contributed by atoms with E-state index in [1.807, 2.05) is 41.2 Å². The predicted molar refractivity (Wildman–Crippen MR) is 72.9 cm³/mol. The zero-order valence-corrected chi connectivity index (χ0v) is 11.0. The maximum Gasteiger partial charge on any atom is 0.253 e. The minimum atomic E-state index is -0.463. The maximum absolute atomic E-state index is 11.7. The molecular formula is C14H17N3O2. The van der Waals surface area contributed by atoms with Gasteiger partial charge < -0.3 is 10.1 Å². The number of aromatic nitrogens is 2. The number of nitrogens with zero attached hydrogens (tertiary/aromatic N) is 2. The number of anilines is 1. The topological polar surface area (TPSA) is 56.1 Å². The SMILES string of the molecule is COC(C)C(=O)Nc1cccc(Cn2cccn2)c1. The van der Waals surface area contributed by atoms with E-state index in [2.05, 4.69) is 10.4 Å². The Hall–Kier alpha value is -2.14. The maximum atomic E-state index is 11.7. The van der Waals surface area contributed by atoms with Crippen LogP contribution in [0.2, 0.25) is 0 Å². The minimum Gasteiger partial charge on any atom is -0.372 e. The summed E-state index contributed by atoms with van der Waals surface area (Å²) in [5.41, 5.74) is 1.84. The first-order valence-corrected chi connectivity index (χ1v) is 6.09. The second-order valence-corrected chi connectivity index (χ2v) is 4.27. The van der Waals surface area contributed by atoms with Gasteiger partial charge in [0.15, 0.2) is 0 Å². The van der Waals surface area contributed by atoms with Crippen LogP contribution in [0.25, 0.3) is 0 Å². The highest BCUT2D eigenvalue weighted by atomic mass is 16.5. The molecule has 0 saturated carbocycles. The Labute approximate surface area is 112 Å². The first kappa shape index (κ1) is 13.3. The lowest BCUT2D eigenvalue weighted by atomic mass is 10.2. The van der Waals surface area contributed by atoms with Crippen LogP contribution in [0.15, 0.2) is 42.7 Å². The normalized spacial score (nSPS) is 12.1. The summed E-state index contributed by atoms with van der Waals surface area (Å²) in [5, 5.41) is 6.97. The van der Waals surface area contributed by atoms with Gasteiger partial charge in [-0.05, 0) is 30.7 Å². The van der Waals surface area contributed by atoms with Crippen LogP contribution in [0.3, 0.4) is 0 Å². The van der Waals surface area contributed by atoms with Crippen LogP contribution >= 0.6 is 0 Å². The first-order valence-electron chi connectivity index (χ1n) is 6.09. The molecule has 2 aromatic rings. The van der Waals surface area contributed by atoms with Crippen molar-refractivity contribution in [1.29, 1.82) is 0 Å². The standard InChI is InChI=1S/C14H17N3O2/c1-11(19-2)14(18)16-13-6-3-5-12(9-13)10-17-8-4-7-15-17/h3-9,11H,10H2,1-2H3,(H,16,18). The van der Waals surface area contributed by atoms with Crippen molar-refractivity contribution in [3.63, 3.8) is 0 Å². The Morgan fingerprint density at radius 1 is 1.47 bits per heavy atom. The van der Waals surface area contributed by atoms with Crippen LogP contribution in [-0.4, -0.2) is 28.9 Å².